The summed E-state index contributed by atoms with van der Waals surface area (Å²) in [4.78, 5) is 17.3. The van der Waals surface area contributed by atoms with Crippen LogP contribution in [-0.2, 0) is 13.1 Å². The highest BCUT2D eigenvalue weighted by atomic mass is 16.4. The molecule has 1 aromatic heterocycles. The Hall–Kier alpha value is -2.20. The number of pyridine rings is 1. The number of nitrogens with zero attached hydrogens (tertiary/aromatic N) is 2. The number of carbonyl (C=O) groups is 1. The summed E-state index contributed by atoms with van der Waals surface area (Å²) in [5.41, 5.74) is 2.31. The van der Waals surface area contributed by atoms with Crippen LogP contribution < -0.4 is 0 Å². The monoisotopic (exact) mass is 256 g/mol. The van der Waals surface area contributed by atoms with Crippen molar-refractivity contribution in [1.82, 2.24) is 9.88 Å². The van der Waals surface area contributed by atoms with E-state index < -0.39 is 5.97 Å². The Morgan fingerprint density at radius 1 is 1.21 bits per heavy atom. The highest BCUT2D eigenvalue weighted by Crippen LogP contribution is 2.09. The number of hydrogen-bond acceptors (Lipinski definition) is 3. The van der Waals surface area contributed by atoms with Crippen molar-refractivity contribution in [2.45, 2.75) is 13.1 Å². The van der Waals surface area contributed by atoms with Crippen molar-refractivity contribution < 1.29 is 9.90 Å². The Bertz CT molecular complexity index is 555. The molecular formula is C15H16N2O2. The molecule has 0 amide bonds. The molecule has 0 bridgehead atoms. The minimum Gasteiger partial charge on any atom is -0.478 e. The highest BCUT2D eigenvalue weighted by molar-refractivity contribution is 5.87. The van der Waals surface area contributed by atoms with E-state index in [9.17, 15) is 4.79 Å². The van der Waals surface area contributed by atoms with E-state index in [0.717, 1.165) is 17.8 Å². The van der Waals surface area contributed by atoms with Gasteiger partial charge in [0.1, 0.15) is 0 Å². The van der Waals surface area contributed by atoms with Crippen LogP contribution in [0.25, 0.3) is 0 Å². The van der Waals surface area contributed by atoms with Gasteiger partial charge in [0.15, 0.2) is 0 Å². The van der Waals surface area contributed by atoms with Crippen LogP contribution >= 0.6 is 0 Å². The molecule has 1 aromatic carbocycles. The Morgan fingerprint density at radius 2 is 2.05 bits per heavy atom. The Morgan fingerprint density at radius 3 is 2.74 bits per heavy atom. The van der Waals surface area contributed by atoms with E-state index in [2.05, 4.69) is 9.88 Å². The molecule has 0 radical (unpaired) electrons. The molecule has 0 aliphatic carbocycles. The molecule has 0 aliphatic rings. The third-order valence-corrected chi connectivity index (χ3v) is 2.78. The fourth-order valence-electron chi connectivity index (χ4n) is 1.94. The molecule has 4 heteroatoms. The van der Waals surface area contributed by atoms with Crippen LogP contribution in [0.3, 0.4) is 0 Å². The first-order valence-corrected chi connectivity index (χ1v) is 6.06. The summed E-state index contributed by atoms with van der Waals surface area (Å²) in [7, 11) is 1.99. The van der Waals surface area contributed by atoms with Crippen molar-refractivity contribution in [3.63, 3.8) is 0 Å². The van der Waals surface area contributed by atoms with E-state index >= 15 is 0 Å². The first-order chi connectivity index (χ1) is 9.15. The van der Waals surface area contributed by atoms with Crippen molar-refractivity contribution in [2.24, 2.45) is 0 Å². The van der Waals surface area contributed by atoms with Crippen molar-refractivity contribution in [1.29, 1.82) is 0 Å². The zero-order valence-corrected chi connectivity index (χ0v) is 10.8. The molecule has 0 spiro atoms. The lowest BCUT2D eigenvalue weighted by molar-refractivity contribution is 0.0696. The Kier molecular flexibility index (Phi) is 4.26. The van der Waals surface area contributed by atoms with E-state index in [0.29, 0.717) is 12.1 Å². The van der Waals surface area contributed by atoms with Gasteiger partial charge in [-0.3, -0.25) is 9.88 Å². The van der Waals surface area contributed by atoms with E-state index in [1.54, 1.807) is 24.4 Å². The van der Waals surface area contributed by atoms with Crippen LogP contribution in [0.1, 0.15) is 21.6 Å². The molecule has 2 aromatic rings. The number of aromatic nitrogens is 1. The van der Waals surface area contributed by atoms with Crippen LogP contribution in [-0.4, -0.2) is 28.0 Å². The van der Waals surface area contributed by atoms with Crippen molar-refractivity contribution in [3.8, 4) is 0 Å². The number of benzene rings is 1. The van der Waals surface area contributed by atoms with Crippen molar-refractivity contribution >= 4 is 5.97 Å². The standard InChI is InChI=1S/C15H16N2O2/c1-17(11-14-7-2-3-8-16-14)10-12-5-4-6-13(9-12)15(18)19/h2-9H,10-11H2,1H3,(H,18,19). The van der Waals surface area contributed by atoms with Gasteiger partial charge < -0.3 is 5.11 Å². The number of carboxylic acids is 1. The SMILES string of the molecule is CN(Cc1cccc(C(=O)O)c1)Cc1ccccn1. The fourth-order valence-corrected chi connectivity index (χ4v) is 1.94. The number of hydrogen-bond donors (Lipinski definition) is 1. The van der Waals surface area contributed by atoms with Gasteiger partial charge in [-0.05, 0) is 36.9 Å². The maximum atomic E-state index is 10.9. The van der Waals surface area contributed by atoms with Gasteiger partial charge in [0, 0.05) is 19.3 Å². The average molecular weight is 256 g/mol. The number of aromatic carboxylic acids is 1. The number of carboxylic acid groups (broad SMARTS) is 1. The molecule has 1 heterocycles. The third-order valence-electron chi connectivity index (χ3n) is 2.78. The summed E-state index contributed by atoms with van der Waals surface area (Å²) < 4.78 is 0. The maximum Gasteiger partial charge on any atom is 0.335 e. The van der Waals surface area contributed by atoms with Crippen LogP contribution in [0.4, 0.5) is 0 Å². The molecule has 1 N–H and O–H groups in total. The topological polar surface area (TPSA) is 53.4 Å². The minimum atomic E-state index is -0.894. The van der Waals surface area contributed by atoms with Crippen LogP contribution in [0.5, 0.6) is 0 Å². The summed E-state index contributed by atoms with van der Waals surface area (Å²) in [6, 6.07) is 12.8. The van der Waals surface area contributed by atoms with Gasteiger partial charge in [0.25, 0.3) is 0 Å². The second-order valence-corrected chi connectivity index (χ2v) is 4.50. The second-order valence-electron chi connectivity index (χ2n) is 4.50. The van der Waals surface area contributed by atoms with Crippen molar-refractivity contribution in [2.75, 3.05) is 7.05 Å². The fraction of sp³-hybridized carbons (Fsp3) is 0.200. The molecule has 0 saturated carbocycles. The van der Waals surface area contributed by atoms with E-state index in [1.807, 2.05) is 31.3 Å². The zero-order valence-electron chi connectivity index (χ0n) is 10.8. The van der Waals surface area contributed by atoms with Gasteiger partial charge in [-0.15, -0.1) is 0 Å². The molecule has 4 nitrogen and oxygen atoms in total. The maximum absolute atomic E-state index is 10.9. The molecule has 0 atom stereocenters. The predicted octanol–water partition coefficient (Wildman–Crippen LogP) is 2.41. The molecule has 0 fully saturated rings. The third kappa shape index (κ3) is 3.89. The van der Waals surface area contributed by atoms with Gasteiger partial charge in [0.2, 0.25) is 0 Å². The average Bonchev–Trinajstić information content (AvgIpc) is 2.40. The Balaban J connectivity index is 2.01. The number of rotatable bonds is 5. The van der Waals surface area contributed by atoms with E-state index in [1.165, 1.54) is 0 Å². The highest BCUT2D eigenvalue weighted by Gasteiger charge is 2.06. The summed E-state index contributed by atoms with van der Waals surface area (Å²) in [5, 5.41) is 8.95. The van der Waals surface area contributed by atoms with Gasteiger partial charge in [-0.2, -0.15) is 0 Å². The Labute approximate surface area is 112 Å². The van der Waals surface area contributed by atoms with Gasteiger partial charge >= 0.3 is 5.97 Å². The van der Waals surface area contributed by atoms with Gasteiger partial charge in [-0.1, -0.05) is 18.2 Å². The summed E-state index contributed by atoms with van der Waals surface area (Å²) >= 11 is 0. The summed E-state index contributed by atoms with van der Waals surface area (Å²) in [6.45, 7) is 1.43. The van der Waals surface area contributed by atoms with Crippen LogP contribution in [0.15, 0.2) is 48.7 Å². The largest absolute Gasteiger partial charge is 0.478 e. The molecule has 98 valence electrons. The molecule has 0 aliphatic heterocycles. The lowest BCUT2D eigenvalue weighted by Crippen LogP contribution is -2.18. The quantitative estimate of drug-likeness (QED) is 0.892. The molecule has 0 saturated heterocycles. The van der Waals surface area contributed by atoms with Crippen LogP contribution in [0, 0.1) is 0 Å². The van der Waals surface area contributed by atoms with E-state index in [4.69, 9.17) is 5.11 Å². The smallest absolute Gasteiger partial charge is 0.335 e. The first-order valence-electron chi connectivity index (χ1n) is 6.06. The van der Waals surface area contributed by atoms with Gasteiger partial charge in [0.05, 0.1) is 11.3 Å². The van der Waals surface area contributed by atoms with Gasteiger partial charge in [-0.25, -0.2) is 4.79 Å². The minimum absolute atomic E-state index is 0.323. The van der Waals surface area contributed by atoms with Crippen molar-refractivity contribution in [3.05, 3.63) is 65.5 Å². The van der Waals surface area contributed by atoms with Crippen LogP contribution in [0.2, 0.25) is 0 Å². The summed E-state index contributed by atoms with van der Waals surface area (Å²) in [5.74, 6) is -0.894. The predicted molar refractivity (Wildman–Crippen MR) is 72.8 cm³/mol. The second kappa shape index (κ2) is 6.11. The zero-order chi connectivity index (χ0) is 13.7. The van der Waals surface area contributed by atoms with E-state index in [-0.39, 0.29) is 0 Å². The lowest BCUT2D eigenvalue weighted by atomic mass is 10.1. The lowest BCUT2D eigenvalue weighted by Gasteiger charge is -2.16. The molecule has 19 heavy (non-hydrogen) atoms. The molecular weight excluding hydrogens is 240 g/mol. The summed E-state index contributed by atoms with van der Waals surface area (Å²) in [6.07, 6.45) is 1.77. The molecule has 2 rings (SSSR count). The first kappa shape index (κ1) is 13.2. The normalized spacial score (nSPS) is 10.6. The molecule has 0 unspecified atom stereocenters.